The molecule has 1 saturated heterocycles. The van der Waals surface area contributed by atoms with E-state index in [0.29, 0.717) is 18.1 Å². The van der Waals surface area contributed by atoms with E-state index in [1.165, 1.54) is 25.8 Å². The van der Waals surface area contributed by atoms with Crippen molar-refractivity contribution in [3.8, 4) is 0 Å². The van der Waals surface area contributed by atoms with E-state index in [-0.39, 0.29) is 12.1 Å². The summed E-state index contributed by atoms with van der Waals surface area (Å²) in [6, 6.07) is 1.63. The Morgan fingerprint density at radius 1 is 1.33 bits per heavy atom. The van der Waals surface area contributed by atoms with Gasteiger partial charge in [0.1, 0.15) is 0 Å². The van der Waals surface area contributed by atoms with Crippen LogP contribution in [0.3, 0.4) is 0 Å². The van der Waals surface area contributed by atoms with E-state index in [1.807, 2.05) is 0 Å². The first-order chi connectivity index (χ1) is 8.38. The molecule has 0 saturated carbocycles. The zero-order valence-electron chi connectivity index (χ0n) is 12.9. The fraction of sp³-hybridized carbons (Fsp3) is 1.00. The van der Waals surface area contributed by atoms with Crippen LogP contribution in [0.25, 0.3) is 0 Å². The highest BCUT2D eigenvalue weighted by atomic mass is 16.3. The third-order valence-electron chi connectivity index (χ3n) is 4.15. The number of nitrogens with zero attached hydrogens (tertiary/aromatic N) is 1. The first-order valence-corrected chi connectivity index (χ1v) is 7.52. The van der Waals surface area contributed by atoms with Crippen LogP contribution in [0.4, 0.5) is 0 Å². The van der Waals surface area contributed by atoms with E-state index >= 15 is 0 Å². The van der Waals surface area contributed by atoms with Crippen molar-refractivity contribution in [3.05, 3.63) is 0 Å². The van der Waals surface area contributed by atoms with Crippen molar-refractivity contribution in [1.82, 2.24) is 10.2 Å². The summed E-state index contributed by atoms with van der Waals surface area (Å²) in [6.07, 6.45) is 5.01. The Labute approximate surface area is 113 Å². The molecule has 0 aromatic carbocycles. The lowest BCUT2D eigenvalue weighted by atomic mass is 9.90. The monoisotopic (exact) mass is 256 g/mol. The maximum atomic E-state index is 9.67. The van der Waals surface area contributed by atoms with Gasteiger partial charge in [-0.05, 0) is 46.6 Å². The normalized spacial score (nSPS) is 27.2. The smallest absolute Gasteiger partial charge is 0.0611 e. The molecule has 1 heterocycles. The molecule has 3 unspecified atom stereocenters. The van der Waals surface area contributed by atoms with Crippen LogP contribution in [0.1, 0.15) is 60.3 Å². The fourth-order valence-electron chi connectivity index (χ4n) is 3.41. The van der Waals surface area contributed by atoms with Crippen LogP contribution in [-0.2, 0) is 0 Å². The van der Waals surface area contributed by atoms with Crippen molar-refractivity contribution in [2.45, 2.75) is 84.0 Å². The van der Waals surface area contributed by atoms with Gasteiger partial charge in [-0.15, -0.1) is 0 Å². The molecule has 0 spiro atoms. The molecule has 0 radical (unpaired) electrons. The second kappa shape index (κ2) is 6.88. The third kappa shape index (κ3) is 4.52. The van der Waals surface area contributed by atoms with Crippen LogP contribution in [0.2, 0.25) is 0 Å². The summed E-state index contributed by atoms with van der Waals surface area (Å²) < 4.78 is 0. The van der Waals surface area contributed by atoms with Gasteiger partial charge in [-0.3, -0.25) is 4.90 Å². The van der Waals surface area contributed by atoms with Crippen molar-refractivity contribution in [2.75, 3.05) is 13.2 Å². The van der Waals surface area contributed by atoms with E-state index in [0.717, 1.165) is 6.42 Å². The Balaban J connectivity index is 2.57. The Kier molecular flexibility index (Phi) is 6.09. The highest BCUT2D eigenvalue weighted by molar-refractivity contribution is 4.90. The first-order valence-electron chi connectivity index (χ1n) is 7.52. The Morgan fingerprint density at radius 2 is 2.00 bits per heavy atom. The predicted octanol–water partition coefficient (Wildman–Crippen LogP) is 2.39. The molecule has 0 aliphatic carbocycles. The number of aliphatic hydroxyl groups excluding tert-OH is 1. The van der Waals surface area contributed by atoms with E-state index in [2.05, 4.69) is 44.8 Å². The van der Waals surface area contributed by atoms with Crippen LogP contribution >= 0.6 is 0 Å². The van der Waals surface area contributed by atoms with Gasteiger partial charge in [0.05, 0.1) is 6.61 Å². The van der Waals surface area contributed by atoms with E-state index in [4.69, 9.17) is 0 Å². The fourth-order valence-corrected chi connectivity index (χ4v) is 3.41. The third-order valence-corrected chi connectivity index (χ3v) is 4.15. The van der Waals surface area contributed by atoms with Crippen molar-refractivity contribution in [3.63, 3.8) is 0 Å². The molecular formula is C15H32N2O. The standard InChI is InChI=1S/C15H32N2O/c1-12(2)16-15(5,11-18)10-14(4)17-9-7-6-8-13(17)3/h12-14,16,18H,6-11H2,1-5H3. The second-order valence-electron chi connectivity index (χ2n) is 6.65. The quantitative estimate of drug-likeness (QED) is 0.766. The van der Waals surface area contributed by atoms with Gasteiger partial charge in [-0.1, -0.05) is 20.3 Å². The van der Waals surface area contributed by atoms with Crippen LogP contribution in [0, 0.1) is 0 Å². The molecule has 1 aliphatic heterocycles. The average molecular weight is 256 g/mol. The summed E-state index contributed by atoms with van der Waals surface area (Å²) >= 11 is 0. The van der Waals surface area contributed by atoms with Crippen molar-refractivity contribution in [1.29, 1.82) is 0 Å². The number of hydrogen-bond acceptors (Lipinski definition) is 3. The van der Waals surface area contributed by atoms with E-state index in [9.17, 15) is 5.11 Å². The molecule has 0 bridgehead atoms. The minimum Gasteiger partial charge on any atom is -0.394 e. The Bertz CT molecular complexity index is 245. The van der Waals surface area contributed by atoms with Gasteiger partial charge < -0.3 is 10.4 Å². The van der Waals surface area contributed by atoms with Gasteiger partial charge in [-0.25, -0.2) is 0 Å². The summed E-state index contributed by atoms with van der Waals surface area (Å²) in [5.41, 5.74) is -0.162. The van der Waals surface area contributed by atoms with Gasteiger partial charge in [0, 0.05) is 23.7 Å². The molecule has 3 atom stereocenters. The van der Waals surface area contributed by atoms with Crippen LogP contribution in [0.15, 0.2) is 0 Å². The zero-order valence-corrected chi connectivity index (χ0v) is 12.9. The molecule has 1 aliphatic rings. The number of rotatable bonds is 6. The van der Waals surface area contributed by atoms with Gasteiger partial charge in [0.15, 0.2) is 0 Å². The molecule has 1 rings (SSSR count). The van der Waals surface area contributed by atoms with Gasteiger partial charge in [0.2, 0.25) is 0 Å². The minimum atomic E-state index is -0.162. The molecule has 2 N–H and O–H groups in total. The van der Waals surface area contributed by atoms with Crippen molar-refractivity contribution < 1.29 is 5.11 Å². The number of aliphatic hydroxyl groups is 1. The maximum Gasteiger partial charge on any atom is 0.0611 e. The highest BCUT2D eigenvalue weighted by Crippen LogP contribution is 2.24. The summed E-state index contributed by atoms with van der Waals surface area (Å²) in [6.45, 7) is 12.5. The molecule has 0 aromatic rings. The van der Waals surface area contributed by atoms with Crippen LogP contribution in [0.5, 0.6) is 0 Å². The molecule has 3 nitrogen and oxygen atoms in total. The number of hydrogen-bond donors (Lipinski definition) is 2. The molecule has 0 amide bonds. The molecule has 3 heteroatoms. The van der Waals surface area contributed by atoms with Gasteiger partial charge in [-0.2, -0.15) is 0 Å². The van der Waals surface area contributed by atoms with Crippen molar-refractivity contribution >= 4 is 0 Å². The summed E-state index contributed by atoms with van der Waals surface area (Å²) in [5, 5.41) is 13.2. The van der Waals surface area contributed by atoms with E-state index < -0.39 is 0 Å². The second-order valence-corrected chi connectivity index (χ2v) is 6.65. The molecule has 18 heavy (non-hydrogen) atoms. The molecular weight excluding hydrogens is 224 g/mol. The predicted molar refractivity (Wildman–Crippen MR) is 77.9 cm³/mol. The maximum absolute atomic E-state index is 9.67. The number of likely N-dealkylation sites (tertiary alicyclic amines) is 1. The number of piperidine rings is 1. The van der Waals surface area contributed by atoms with Gasteiger partial charge >= 0.3 is 0 Å². The SMILES string of the molecule is CC(C)NC(C)(CO)CC(C)N1CCCCC1C. The van der Waals surface area contributed by atoms with Crippen LogP contribution in [-0.4, -0.2) is 46.8 Å². The topological polar surface area (TPSA) is 35.5 Å². The largest absolute Gasteiger partial charge is 0.394 e. The Morgan fingerprint density at radius 3 is 2.50 bits per heavy atom. The lowest BCUT2D eigenvalue weighted by Crippen LogP contribution is -2.54. The lowest BCUT2D eigenvalue weighted by Gasteiger charge is -2.42. The highest BCUT2D eigenvalue weighted by Gasteiger charge is 2.31. The Hall–Kier alpha value is -0.120. The van der Waals surface area contributed by atoms with Gasteiger partial charge in [0.25, 0.3) is 0 Å². The summed E-state index contributed by atoms with van der Waals surface area (Å²) in [7, 11) is 0. The van der Waals surface area contributed by atoms with E-state index in [1.54, 1.807) is 0 Å². The van der Waals surface area contributed by atoms with Crippen LogP contribution < -0.4 is 5.32 Å². The lowest BCUT2D eigenvalue weighted by molar-refractivity contribution is 0.0694. The molecule has 108 valence electrons. The number of nitrogens with one attached hydrogen (secondary N) is 1. The average Bonchev–Trinajstić information content (AvgIpc) is 2.28. The zero-order chi connectivity index (χ0) is 13.8. The minimum absolute atomic E-state index is 0.162. The summed E-state index contributed by atoms with van der Waals surface area (Å²) in [5.74, 6) is 0. The first kappa shape index (κ1) is 15.9. The van der Waals surface area contributed by atoms with Crippen molar-refractivity contribution in [2.24, 2.45) is 0 Å². The molecule has 1 fully saturated rings. The molecule has 0 aromatic heterocycles. The summed E-state index contributed by atoms with van der Waals surface area (Å²) in [4.78, 5) is 2.61.